The molecule has 1 aliphatic rings. The highest BCUT2D eigenvalue weighted by Gasteiger charge is 2.19. The molecule has 2 nitrogen and oxygen atoms in total. The predicted molar refractivity (Wildman–Crippen MR) is 65.6 cm³/mol. The molecule has 16 heavy (non-hydrogen) atoms. The second-order valence-electron chi connectivity index (χ2n) is 4.41. The number of hydrogen-bond donors (Lipinski definition) is 2. The van der Waals surface area contributed by atoms with Gasteiger partial charge in [0.25, 0.3) is 0 Å². The predicted octanol–water partition coefficient (Wildman–Crippen LogP) is 2.97. The van der Waals surface area contributed by atoms with Gasteiger partial charge in [-0.3, -0.25) is 0 Å². The molecule has 1 atom stereocenters. The van der Waals surface area contributed by atoms with Crippen LogP contribution in [-0.2, 0) is 0 Å². The molecule has 1 fully saturated rings. The molecule has 2 aromatic rings. The van der Waals surface area contributed by atoms with Crippen molar-refractivity contribution < 1.29 is 5.11 Å². The molecule has 1 aliphatic heterocycles. The van der Waals surface area contributed by atoms with Crippen LogP contribution in [0.2, 0.25) is 0 Å². The van der Waals surface area contributed by atoms with E-state index < -0.39 is 0 Å². The molecule has 1 unspecified atom stereocenters. The Hall–Kier alpha value is -1.54. The Balaban J connectivity index is 2.13. The van der Waals surface area contributed by atoms with Gasteiger partial charge in [0.15, 0.2) is 0 Å². The highest BCUT2D eigenvalue weighted by Crippen LogP contribution is 2.33. The van der Waals surface area contributed by atoms with Crippen molar-refractivity contribution in [2.45, 2.75) is 18.9 Å². The second-order valence-corrected chi connectivity index (χ2v) is 4.41. The molecule has 0 spiro atoms. The SMILES string of the molecule is Oc1cc2ccccc2cc1C1CCCN1. The van der Waals surface area contributed by atoms with Crippen LogP contribution >= 0.6 is 0 Å². The van der Waals surface area contributed by atoms with E-state index in [2.05, 4.69) is 17.4 Å². The lowest BCUT2D eigenvalue weighted by molar-refractivity contribution is 0.458. The van der Waals surface area contributed by atoms with Crippen molar-refractivity contribution in [1.29, 1.82) is 0 Å². The van der Waals surface area contributed by atoms with Gasteiger partial charge in [0.2, 0.25) is 0 Å². The van der Waals surface area contributed by atoms with Crippen molar-refractivity contribution in [1.82, 2.24) is 5.32 Å². The number of benzene rings is 2. The average Bonchev–Trinajstić information content (AvgIpc) is 2.81. The fraction of sp³-hybridized carbons (Fsp3) is 0.286. The normalized spacial score (nSPS) is 20.4. The minimum Gasteiger partial charge on any atom is -0.508 e. The summed E-state index contributed by atoms with van der Waals surface area (Å²) in [5.74, 6) is 0.415. The first kappa shape index (κ1) is 9.67. The third-order valence-corrected chi connectivity index (χ3v) is 3.33. The molecule has 82 valence electrons. The maximum atomic E-state index is 10.0. The van der Waals surface area contributed by atoms with E-state index in [1.54, 1.807) is 0 Å². The summed E-state index contributed by atoms with van der Waals surface area (Å²) in [4.78, 5) is 0. The summed E-state index contributed by atoms with van der Waals surface area (Å²) in [7, 11) is 0. The Kier molecular flexibility index (Phi) is 2.29. The van der Waals surface area contributed by atoms with E-state index in [0.29, 0.717) is 11.8 Å². The number of phenolic OH excluding ortho intramolecular Hbond substituents is 1. The van der Waals surface area contributed by atoms with Gasteiger partial charge >= 0.3 is 0 Å². The Bertz CT molecular complexity index is 515. The van der Waals surface area contributed by atoms with Gasteiger partial charge in [0, 0.05) is 11.6 Å². The van der Waals surface area contributed by atoms with Gasteiger partial charge in [0.05, 0.1) is 0 Å². The van der Waals surface area contributed by atoms with E-state index in [1.807, 2.05) is 24.3 Å². The number of aromatic hydroxyl groups is 1. The second kappa shape index (κ2) is 3.80. The van der Waals surface area contributed by atoms with Crippen LogP contribution in [-0.4, -0.2) is 11.7 Å². The van der Waals surface area contributed by atoms with Crippen molar-refractivity contribution in [2.75, 3.05) is 6.54 Å². The van der Waals surface area contributed by atoms with Crippen LogP contribution in [0, 0.1) is 0 Å². The zero-order chi connectivity index (χ0) is 11.0. The van der Waals surface area contributed by atoms with Gasteiger partial charge in [-0.2, -0.15) is 0 Å². The number of nitrogens with one attached hydrogen (secondary N) is 1. The lowest BCUT2D eigenvalue weighted by atomic mass is 10.00. The van der Waals surface area contributed by atoms with E-state index in [4.69, 9.17) is 0 Å². The summed E-state index contributed by atoms with van der Waals surface area (Å²) in [6, 6.07) is 12.4. The molecule has 0 radical (unpaired) electrons. The van der Waals surface area contributed by atoms with E-state index >= 15 is 0 Å². The first-order valence-electron chi connectivity index (χ1n) is 5.79. The quantitative estimate of drug-likeness (QED) is 0.763. The van der Waals surface area contributed by atoms with E-state index in [9.17, 15) is 5.11 Å². The third kappa shape index (κ3) is 1.55. The van der Waals surface area contributed by atoms with E-state index in [-0.39, 0.29) is 0 Å². The van der Waals surface area contributed by atoms with Crippen LogP contribution < -0.4 is 5.32 Å². The molecule has 1 saturated heterocycles. The Morgan fingerprint density at radius 1 is 1.12 bits per heavy atom. The smallest absolute Gasteiger partial charge is 0.120 e. The summed E-state index contributed by atoms with van der Waals surface area (Å²) in [5.41, 5.74) is 1.04. The summed E-state index contributed by atoms with van der Waals surface area (Å²) in [5, 5.41) is 15.7. The molecule has 0 aliphatic carbocycles. The molecule has 0 saturated carbocycles. The first-order chi connectivity index (χ1) is 7.84. The number of phenols is 1. The Labute approximate surface area is 94.9 Å². The topological polar surface area (TPSA) is 32.3 Å². The van der Waals surface area contributed by atoms with Gasteiger partial charge in [-0.1, -0.05) is 24.3 Å². The molecule has 2 N–H and O–H groups in total. The molecular formula is C14H15NO. The number of fused-ring (bicyclic) bond motifs is 1. The van der Waals surface area contributed by atoms with Crippen molar-refractivity contribution in [3.63, 3.8) is 0 Å². The first-order valence-corrected chi connectivity index (χ1v) is 5.79. The largest absolute Gasteiger partial charge is 0.508 e. The van der Waals surface area contributed by atoms with Gasteiger partial charge in [-0.15, -0.1) is 0 Å². The van der Waals surface area contributed by atoms with Crippen molar-refractivity contribution in [3.05, 3.63) is 42.0 Å². The van der Waals surface area contributed by atoms with E-state index in [0.717, 1.165) is 23.9 Å². The van der Waals surface area contributed by atoms with Crippen LogP contribution in [0.3, 0.4) is 0 Å². The Morgan fingerprint density at radius 3 is 2.56 bits per heavy atom. The number of hydrogen-bond acceptors (Lipinski definition) is 2. The molecule has 1 heterocycles. The molecule has 0 amide bonds. The van der Waals surface area contributed by atoms with Crippen LogP contribution in [0.5, 0.6) is 5.75 Å². The van der Waals surface area contributed by atoms with Crippen LogP contribution in [0.4, 0.5) is 0 Å². The Morgan fingerprint density at radius 2 is 1.88 bits per heavy atom. The minimum atomic E-state index is 0.324. The monoisotopic (exact) mass is 213 g/mol. The zero-order valence-corrected chi connectivity index (χ0v) is 9.11. The fourth-order valence-corrected chi connectivity index (χ4v) is 2.47. The molecule has 2 heteroatoms. The lowest BCUT2D eigenvalue weighted by Gasteiger charge is -2.13. The maximum absolute atomic E-state index is 10.0. The molecular weight excluding hydrogens is 198 g/mol. The summed E-state index contributed by atoms with van der Waals surface area (Å²) in [6.45, 7) is 1.05. The summed E-state index contributed by atoms with van der Waals surface area (Å²) >= 11 is 0. The minimum absolute atomic E-state index is 0.324. The zero-order valence-electron chi connectivity index (χ0n) is 9.11. The highest BCUT2D eigenvalue weighted by atomic mass is 16.3. The van der Waals surface area contributed by atoms with Gasteiger partial charge in [0.1, 0.15) is 5.75 Å². The molecule has 0 aromatic heterocycles. The number of rotatable bonds is 1. The highest BCUT2D eigenvalue weighted by molar-refractivity contribution is 5.85. The standard InChI is InChI=1S/C14H15NO/c16-14-9-11-5-2-1-4-10(11)8-12(14)13-6-3-7-15-13/h1-2,4-5,8-9,13,15-16H,3,6-7H2. The average molecular weight is 213 g/mol. The van der Waals surface area contributed by atoms with Gasteiger partial charge < -0.3 is 10.4 Å². The van der Waals surface area contributed by atoms with Crippen molar-refractivity contribution in [2.24, 2.45) is 0 Å². The molecule has 2 aromatic carbocycles. The lowest BCUT2D eigenvalue weighted by Crippen LogP contribution is -2.12. The maximum Gasteiger partial charge on any atom is 0.120 e. The van der Waals surface area contributed by atoms with Gasteiger partial charge in [-0.05, 0) is 42.3 Å². The molecule has 3 rings (SSSR count). The van der Waals surface area contributed by atoms with Crippen molar-refractivity contribution in [3.8, 4) is 5.75 Å². The summed E-state index contributed by atoms with van der Waals surface area (Å²) < 4.78 is 0. The van der Waals surface area contributed by atoms with Crippen LogP contribution in [0.1, 0.15) is 24.4 Å². The fourth-order valence-electron chi connectivity index (χ4n) is 2.47. The van der Waals surface area contributed by atoms with E-state index in [1.165, 1.54) is 11.8 Å². The third-order valence-electron chi connectivity index (χ3n) is 3.33. The van der Waals surface area contributed by atoms with Gasteiger partial charge in [-0.25, -0.2) is 0 Å². The van der Waals surface area contributed by atoms with Crippen LogP contribution in [0.25, 0.3) is 10.8 Å². The van der Waals surface area contributed by atoms with Crippen LogP contribution in [0.15, 0.2) is 36.4 Å². The summed E-state index contributed by atoms with van der Waals surface area (Å²) in [6.07, 6.45) is 2.31. The van der Waals surface area contributed by atoms with Crippen molar-refractivity contribution >= 4 is 10.8 Å². The molecule has 0 bridgehead atoms.